The molecule has 3 aromatic rings. The van der Waals surface area contributed by atoms with Crippen LogP contribution in [-0.2, 0) is 17.8 Å². The molecular formula is C19H21N3O. The maximum atomic E-state index is 12.0. The Balaban J connectivity index is 1.46. The van der Waals surface area contributed by atoms with E-state index >= 15 is 0 Å². The van der Waals surface area contributed by atoms with Gasteiger partial charge < -0.3 is 9.88 Å². The first kappa shape index (κ1) is 15.3. The Hall–Kier alpha value is -2.62. The van der Waals surface area contributed by atoms with E-state index in [1.807, 2.05) is 55.7 Å². The van der Waals surface area contributed by atoms with E-state index in [4.69, 9.17) is 0 Å². The lowest BCUT2D eigenvalue weighted by Crippen LogP contribution is -2.27. The van der Waals surface area contributed by atoms with Crippen molar-refractivity contribution >= 4 is 16.9 Å². The number of aryl methyl sites for hydroxylation is 2. The van der Waals surface area contributed by atoms with Crippen molar-refractivity contribution in [3.63, 3.8) is 0 Å². The van der Waals surface area contributed by atoms with E-state index in [0.717, 1.165) is 35.1 Å². The number of nitrogens with zero attached hydrogens (tertiary/aromatic N) is 2. The smallest absolute Gasteiger partial charge is 0.224 e. The van der Waals surface area contributed by atoms with Crippen LogP contribution in [0, 0.1) is 6.92 Å². The van der Waals surface area contributed by atoms with Gasteiger partial charge in [0.25, 0.3) is 0 Å². The Morgan fingerprint density at radius 3 is 2.78 bits per heavy atom. The van der Waals surface area contributed by atoms with Crippen molar-refractivity contribution in [3.8, 4) is 0 Å². The number of para-hydroxylation sites is 2. The van der Waals surface area contributed by atoms with E-state index in [0.29, 0.717) is 13.0 Å². The van der Waals surface area contributed by atoms with Crippen LogP contribution in [0.1, 0.15) is 17.5 Å². The molecule has 0 bridgehead atoms. The third kappa shape index (κ3) is 3.77. The summed E-state index contributed by atoms with van der Waals surface area (Å²) in [4.78, 5) is 16.4. The summed E-state index contributed by atoms with van der Waals surface area (Å²) >= 11 is 0. The molecule has 3 rings (SSSR count). The fraction of sp³-hybridized carbons (Fsp3) is 0.263. The fourth-order valence-corrected chi connectivity index (χ4v) is 2.71. The molecule has 0 radical (unpaired) electrons. The van der Waals surface area contributed by atoms with Gasteiger partial charge in [0.1, 0.15) is 0 Å². The Morgan fingerprint density at radius 1 is 1.13 bits per heavy atom. The monoisotopic (exact) mass is 307 g/mol. The van der Waals surface area contributed by atoms with Gasteiger partial charge in [0.15, 0.2) is 0 Å². The molecule has 0 fully saturated rings. The van der Waals surface area contributed by atoms with Crippen LogP contribution in [0.5, 0.6) is 0 Å². The number of imidazole rings is 1. The zero-order valence-corrected chi connectivity index (χ0v) is 13.3. The topological polar surface area (TPSA) is 46.9 Å². The molecule has 0 unspecified atom stereocenters. The number of benzene rings is 2. The first-order valence-corrected chi connectivity index (χ1v) is 7.95. The molecule has 1 N–H and O–H groups in total. The number of aromatic nitrogens is 2. The highest BCUT2D eigenvalue weighted by atomic mass is 16.1. The van der Waals surface area contributed by atoms with Crippen LogP contribution in [0.25, 0.3) is 11.0 Å². The van der Waals surface area contributed by atoms with E-state index < -0.39 is 0 Å². The summed E-state index contributed by atoms with van der Waals surface area (Å²) in [6.07, 6.45) is 3.19. The maximum absolute atomic E-state index is 12.0. The van der Waals surface area contributed by atoms with Crippen molar-refractivity contribution in [2.45, 2.75) is 26.3 Å². The van der Waals surface area contributed by atoms with Crippen LogP contribution in [-0.4, -0.2) is 22.0 Å². The van der Waals surface area contributed by atoms with Gasteiger partial charge in [-0.2, -0.15) is 0 Å². The van der Waals surface area contributed by atoms with Crippen molar-refractivity contribution in [1.29, 1.82) is 0 Å². The molecule has 4 heteroatoms. The molecule has 118 valence electrons. The fourth-order valence-electron chi connectivity index (χ4n) is 2.71. The number of carbonyl (C=O) groups excluding carboxylic acids is 1. The largest absolute Gasteiger partial charge is 0.356 e. The molecule has 1 heterocycles. The minimum absolute atomic E-state index is 0.0785. The lowest BCUT2D eigenvalue weighted by molar-refractivity contribution is -0.120. The molecule has 2 aromatic carbocycles. The standard InChI is InChI=1S/C19H21N3O/c1-15-7-2-3-8-16(15)13-19(23)20-11-6-12-22-14-21-17-9-4-5-10-18(17)22/h2-5,7-10,14H,6,11-13H2,1H3,(H,20,23). The van der Waals surface area contributed by atoms with Crippen molar-refractivity contribution in [3.05, 3.63) is 66.0 Å². The maximum Gasteiger partial charge on any atom is 0.224 e. The summed E-state index contributed by atoms with van der Waals surface area (Å²) in [6.45, 7) is 3.56. The minimum atomic E-state index is 0.0785. The van der Waals surface area contributed by atoms with Gasteiger partial charge in [-0.3, -0.25) is 4.79 Å². The molecule has 23 heavy (non-hydrogen) atoms. The third-order valence-electron chi connectivity index (χ3n) is 4.04. The number of amides is 1. The van der Waals surface area contributed by atoms with Crippen LogP contribution in [0.3, 0.4) is 0 Å². The summed E-state index contributed by atoms with van der Waals surface area (Å²) in [5.41, 5.74) is 4.40. The summed E-state index contributed by atoms with van der Waals surface area (Å²) in [7, 11) is 0. The Morgan fingerprint density at radius 2 is 1.91 bits per heavy atom. The first-order chi connectivity index (χ1) is 11.2. The molecule has 0 spiro atoms. The summed E-state index contributed by atoms with van der Waals surface area (Å²) in [5.74, 6) is 0.0785. The summed E-state index contributed by atoms with van der Waals surface area (Å²) < 4.78 is 2.13. The van der Waals surface area contributed by atoms with Crippen LogP contribution in [0.4, 0.5) is 0 Å². The SMILES string of the molecule is Cc1ccccc1CC(=O)NCCCn1cnc2ccccc21. The Bertz CT molecular complexity index is 807. The average molecular weight is 307 g/mol. The summed E-state index contributed by atoms with van der Waals surface area (Å²) in [6, 6.07) is 16.1. The predicted octanol–water partition coefficient (Wildman–Crippen LogP) is 3.09. The second kappa shape index (κ2) is 7.09. The molecule has 0 aliphatic carbocycles. The molecule has 1 amide bonds. The summed E-state index contributed by atoms with van der Waals surface area (Å²) in [5, 5.41) is 3.00. The van der Waals surface area contributed by atoms with E-state index in [1.54, 1.807) is 0 Å². The third-order valence-corrected chi connectivity index (χ3v) is 4.04. The Kier molecular flexibility index (Phi) is 4.71. The van der Waals surface area contributed by atoms with Crippen LogP contribution >= 0.6 is 0 Å². The molecule has 0 aliphatic heterocycles. The van der Waals surface area contributed by atoms with E-state index in [9.17, 15) is 4.79 Å². The molecule has 0 saturated carbocycles. The highest BCUT2D eigenvalue weighted by molar-refractivity contribution is 5.78. The molecule has 0 atom stereocenters. The average Bonchev–Trinajstić information content (AvgIpc) is 2.97. The number of hydrogen-bond donors (Lipinski definition) is 1. The van der Waals surface area contributed by atoms with Crippen LogP contribution in [0.2, 0.25) is 0 Å². The van der Waals surface area contributed by atoms with Crippen LogP contribution < -0.4 is 5.32 Å². The zero-order valence-electron chi connectivity index (χ0n) is 13.3. The van der Waals surface area contributed by atoms with E-state index in [1.165, 1.54) is 0 Å². The highest BCUT2D eigenvalue weighted by Crippen LogP contribution is 2.12. The lowest BCUT2D eigenvalue weighted by Gasteiger charge is -2.08. The van der Waals surface area contributed by atoms with E-state index in [2.05, 4.69) is 20.9 Å². The number of rotatable bonds is 6. The zero-order chi connectivity index (χ0) is 16.1. The highest BCUT2D eigenvalue weighted by Gasteiger charge is 2.05. The molecule has 4 nitrogen and oxygen atoms in total. The minimum Gasteiger partial charge on any atom is -0.356 e. The van der Waals surface area contributed by atoms with Crippen molar-refractivity contribution in [2.24, 2.45) is 0 Å². The van der Waals surface area contributed by atoms with Crippen LogP contribution in [0.15, 0.2) is 54.9 Å². The quantitative estimate of drug-likeness (QED) is 0.711. The second-order valence-electron chi connectivity index (χ2n) is 5.73. The molecule has 1 aromatic heterocycles. The number of hydrogen-bond acceptors (Lipinski definition) is 2. The normalized spacial score (nSPS) is 10.8. The van der Waals surface area contributed by atoms with Gasteiger partial charge in [-0.1, -0.05) is 36.4 Å². The van der Waals surface area contributed by atoms with Gasteiger partial charge in [-0.25, -0.2) is 4.98 Å². The predicted molar refractivity (Wildman–Crippen MR) is 92.2 cm³/mol. The molecule has 0 saturated heterocycles. The van der Waals surface area contributed by atoms with Gasteiger partial charge >= 0.3 is 0 Å². The first-order valence-electron chi connectivity index (χ1n) is 7.95. The van der Waals surface area contributed by atoms with E-state index in [-0.39, 0.29) is 5.91 Å². The lowest BCUT2D eigenvalue weighted by atomic mass is 10.1. The molecular weight excluding hydrogens is 286 g/mol. The van der Waals surface area contributed by atoms with Gasteiger partial charge in [0.2, 0.25) is 5.91 Å². The number of carbonyl (C=O) groups is 1. The molecule has 0 aliphatic rings. The number of fused-ring (bicyclic) bond motifs is 1. The van der Waals surface area contributed by atoms with Gasteiger partial charge in [0, 0.05) is 13.1 Å². The van der Waals surface area contributed by atoms with Gasteiger partial charge in [-0.15, -0.1) is 0 Å². The van der Waals surface area contributed by atoms with Crippen molar-refractivity contribution in [1.82, 2.24) is 14.9 Å². The van der Waals surface area contributed by atoms with Crippen molar-refractivity contribution < 1.29 is 4.79 Å². The number of nitrogens with one attached hydrogen (secondary N) is 1. The van der Waals surface area contributed by atoms with Gasteiger partial charge in [0.05, 0.1) is 23.8 Å². The second-order valence-corrected chi connectivity index (χ2v) is 5.73. The van der Waals surface area contributed by atoms with Gasteiger partial charge in [-0.05, 0) is 36.6 Å². The van der Waals surface area contributed by atoms with Crippen molar-refractivity contribution in [2.75, 3.05) is 6.54 Å². The Labute approximate surface area is 136 Å².